The Morgan fingerprint density at radius 2 is 0.710 bits per heavy atom. The Morgan fingerprint density at radius 3 is 0.957 bits per heavy atom. The summed E-state index contributed by atoms with van der Waals surface area (Å²) >= 11 is 3.75. The van der Waals surface area contributed by atoms with E-state index in [1.807, 2.05) is 0 Å². The molecular formula is C47H98O14P4S4. The second-order valence-electron chi connectivity index (χ2n) is 18.4. The molecule has 69 heavy (non-hydrogen) atoms. The van der Waals surface area contributed by atoms with Crippen LogP contribution >= 0.6 is 72.7 Å². The molecule has 0 spiro atoms. The molecule has 0 aliphatic heterocycles. The lowest BCUT2D eigenvalue weighted by molar-refractivity contribution is -0.136. The molecule has 0 saturated heterocycles. The molecule has 0 saturated carbocycles. The first kappa shape index (κ1) is 70.5. The SMILES string of the molecule is CCCCC(CC)COP(=O)(OCC(CC)CCCC)SCC(C)OP(=O)(OC(C)CSP(=O)(OCC(CC)CCCC)OCC(CC)CCCC)SCC(C)OP(=O)(OC(C)C)SCCC(=O)O. The maximum absolute atomic E-state index is 15.0. The maximum Gasteiger partial charge on any atom is 0.389 e. The summed E-state index contributed by atoms with van der Waals surface area (Å²) in [6.07, 6.45) is 12.8. The number of rotatable bonds is 49. The third kappa shape index (κ3) is 35.4. The predicted octanol–water partition coefficient (Wildman–Crippen LogP) is 18.4. The van der Waals surface area contributed by atoms with Crippen LogP contribution in [0.4, 0.5) is 0 Å². The molecule has 0 radical (unpaired) electrons. The van der Waals surface area contributed by atoms with Crippen LogP contribution in [0.5, 0.6) is 0 Å². The molecular weight excluding hydrogens is 1040 g/mol. The maximum atomic E-state index is 15.0. The normalized spacial score (nSPS) is 18.9. The highest BCUT2D eigenvalue weighted by atomic mass is 32.7. The number of unbranched alkanes of at least 4 members (excludes halogenated alkanes) is 4. The first-order chi connectivity index (χ1) is 32.6. The zero-order chi connectivity index (χ0) is 52.4. The van der Waals surface area contributed by atoms with Gasteiger partial charge in [-0.2, -0.15) is 0 Å². The minimum absolute atomic E-state index is 0.00393. The average molecular weight is 1140 g/mol. The van der Waals surface area contributed by atoms with E-state index in [-0.39, 0.29) is 53.1 Å². The first-order valence-corrected chi connectivity index (χ1v) is 38.7. The minimum atomic E-state index is -4.12. The van der Waals surface area contributed by atoms with E-state index in [1.165, 1.54) is 0 Å². The lowest BCUT2D eigenvalue weighted by atomic mass is 10.0. The van der Waals surface area contributed by atoms with Crippen LogP contribution in [-0.2, 0) is 59.2 Å². The van der Waals surface area contributed by atoms with Crippen molar-refractivity contribution in [1.82, 2.24) is 0 Å². The van der Waals surface area contributed by atoms with Gasteiger partial charge in [0.05, 0.1) is 57.3 Å². The molecule has 8 atom stereocenters. The topological polar surface area (TPSA) is 179 Å². The summed E-state index contributed by atoms with van der Waals surface area (Å²) < 4.78 is 107. The van der Waals surface area contributed by atoms with Crippen LogP contribution in [0.3, 0.4) is 0 Å². The van der Waals surface area contributed by atoms with Crippen LogP contribution in [0, 0.1) is 23.7 Å². The van der Waals surface area contributed by atoms with Crippen LogP contribution in [0.25, 0.3) is 0 Å². The monoisotopic (exact) mass is 1140 g/mol. The third-order valence-electron chi connectivity index (χ3n) is 11.3. The Hall–Kier alpha value is 1.47. The van der Waals surface area contributed by atoms with Crippen molar-refractivity contribution in [1.29, 1.82) is 0 Å². The molecule has 0 fully saturated rings. The summed E-state index contributed by atoms with van der Waals surface area (Å²) in [4.78, 5) is 11.2. The zero-order valence-electron chi connectivity index (χ0n) is 45.0. The standard InChI is InChI=1S/C47H98O14P4S4/c1-14-22-26-43(18-5)32-54-62(50,55-33-44(19-6)27-23-15-2)67-36-40(11)60-65(53,69-38-42(13)59-64(52,58-39(9)10)66-31-30-47(48)49)61-41(12)37-68-63(51,56-34-45(20-7)28-24-16-3)57-35-46(21-8)29-25-17-4/h39-46H,14-38H2,1-13H3,(H,48,49). The van der Waals surface area contributed by atoms with Gasteiger partial charge < -0.3 is 23.2 Å². The van der Waals surface area contributed by atoms with Gasteiger partial charge in [0.25, 0.3) is 0 Å². The summed E-state index contributed by atoms with van der Waals surface area (Å²) in [5.74, 6) is 0.125. The van der Waals surface area contributed by atoms with Crippen LogP contribution in [0.1, 0.15) is 199 Å². The van der Waals surface area contributed by atoms with E-state index in [0.717, 1.165) is 148 Å². The van der Waals surface area contributed by atoms with Crippen LogP contribution in [-0.4, -0.2) is 84.9 Å². The summed E-state index contributed by atoms with van der Waals surface area (Å²) in [7, 11) is 0. The van der Waals surface area contributed by atoms with Crippen molar-refractivity contribution in [2.24, 2.45) is 23.7 Å². The van der Waals surface area contributed by atoms with Crippen LogP contribution in [0.2, 0.25) is 0 Å². The number of hydrogen-bond acceptors (Lipinski definition) is 17. The Labute approximate surface area is 437 Å². The highest BCUT2D eigenvalue weighted by Gasteiger charge is 2.38. The molecule has 0 aromatic carbocycles. The summed E-state index contributed by atoms with van der Waals surface area (Å²) in [6.45, 7) is 11.4. The zero-order valence-corrected chi connectivity index (χ0v) is 51.8. The second kappa shape index (κ2) is 40.7. The van der Waals surface area contributed by atoms with E-state index in [2.05, 4.69) is 55.4 Å². The van der Waals surface area contributed by atoms with Gasteiger partial charge in [-0.25, -0.2) is 18.3 Å². The van der Waals surface area contributed by atoms with Crippen molar-refractivity contribution in [3.63, 3.8) is 0 Å². The van der Waals surface area contributed by atoms with E-state index < -0.39 is 57.6 Å². The Morgan fingerprint density at radius 1 is 0.435 bits per heavy atom. The second-order valence-corrected chi connectivity index (χ2v) is 34.8. The van der Waals surface area contributed by atoms with Crippen molar-refractivity contribution >= 4 is 78.7 Å². The third-order valence-corrected chi connectivity index (χ3v) is 27.2. The molecule has 414 valence electrons. The molecule has 0 heterocycles. The molecule has 0 rings (SSSR count). The molecule has 22 heteroatoms. The van der Waals surface area contributed by atoms with Crippen LogP contribution < -0.4 is 0 Å². The smallest absolute Gasteiger partial charge is 0.389 e. The Kier molecular flexibility index (Phi) is 41.6. The molecule has 8 unspecified atom stereocenters. The number of hydrogen-bond donors (Lipinski definition) is 1. The Bertz CT molecular complexity index is 1380. The average Bonchev–Trinajstić information content (AvgIpc) is 3.29. The minimum Gasteiger partial charge on any atom is -0.481 e. The van der Waals surface area contributed by atoms with Gasteiger partial charge in [0.1, 0.15) is 0 Å². The summed E-state index contributed by atoms with van der Waals surface area (Å²) in [5.41, 5.74) is 0. The molecule has 0 aliphatic carbocycles. The van der Waals surface area contributed by atoms with Gasteiger partial charge in [-0.3, -0.25) is 22.9 Å². The van der Waals surface area contributed by atoms with E-state index in [0.29, 0.717) is 26.4 Å². The van der Waals surface area contributed by atoms with Gasteiger partial charge in [-0.15, -0.1) is 0 Å². The molecule has 0 bridgehead atoms. The molecule has 14 nitrogen and oxygen atoms in total. The molecule has 0 amide bonds. The van der Waals surface area contributed by atoms with E-state index >= 15 is 4.57 Å². The first-order valence-electron chi connectivity index (χ1n) is 26.1. The van der Waals surface area contributed by atoms with Gasteiger partial charge in [0, 0.05) is 23.0 Å². The number of carboxylic acid groups (broad SMARTS) is 1. The lowest BCUT2D eigenvalue weighted by Crippen LogP contribution is -2.18. The van der Waals surface area contributed by atoms with Crippen molar-refractivity contribution in [3.05, 3.63) is 0 Å². The van der Waals surface area contributed by atoms with E-state index in [4.69, 9.17) is 36.2 Å². The van der Waals surface area contributed by atoms with Gasteiger partial charge in [0.15, 0.2) is 0 Å². The molecule has 0 aliphatic rings. The highest BCUT2D eigenvalue weighted by molar-refractivity contribution is 8.56. The molecule has 0 aromatic heterocycles. The number of aliphatic carboxylic acids is 1. The largest absolute Gasteiger partial charge is 0.481 e. The van der Waals surface area contributed by atoms with Crippen molar-refractivity contribution in [3.8, 4) is 0 Å². The summed E-state index contributed by atoms with van der Waals surface area (Å²) in [6, 6.07) is 0. The molecule has 0 aromatic rings. The fourth-order valence-electron chi connectivity index (χ4n) is 6.62. The Balaban J connectivity index is 6.64. The highest BCUT2D eigenvalue weighted by Crippen LogP contribution is 2.68. The van der Waals surface area contributed by atoms with Gasteiger partial charge >= 0.3 is 33.2 Å². The van der Waals surface area contributed by atoms with Gasteiger partial charge in [-0.05, 0) is 130 Å². The van der Waals surface area contributed by atoms with Crippen LogP contribution in [0.15, 0.2) is 0 Å². The van der Waals surface area contributed by atoms with Crippen molar-refractivity contribution < 1.29 is 64.4 Å². The van der Waals surface area contributed by atoms with Gasteiger partial charge in [-0.1, -0.05) is 132 Å². The van der Waals surface area contributed by atoms with E-state index in [9.17, 15) is 23.6 Å². The van der Waals surface area contributed by atoms with E-state index in [1.54, 1.807) is 34.6 Å². The van der Waals surface area contributed by atoms with Gasteiger partial charge in [0.2, 0.25) is 0 Å². The lowest BCUT2D eigenvalue weighted by Gasteiger charge is -2.28. The predicted molar refractivity (Wildman–Crippen MR) is 297 cm³/mol. The number of carboxylic acids is 1. The number of carbonyl (C=O) groups is 1. The fourth-order valence-corrected chi connectivity index (χ4v) is 21.9. The summed E-state index contributed by atoms with van der Waals surface area (Å²) in [5, 5.41) is 9.20. The fraction of sp³-hybridized carbons (Fsp3) is 0.979. The van der Waals surface area contributed by atoms with Crippen molar-refractivity contribution in [2.45, 2.75) is 224 Å². The quantitative estimate of drug-likeness (QED) is 0.0568. The molecule has 1 N–H and O–H groups in total. The van der Waals surface area contributed by atoms with Crippen molar-refractivity contribution in [2.75, 3.05) is 49.4 Å².